The maximum Gasteiger partial charge on any atom is 0.317 e. The predicted octanol–water partition coefficient (Wildman–Crippen LogP) is 1.84. The molecule has 2 aliphatic heterocycles. The van der Waals surface area contributed by atoms with E-state index in [2.05, 4.69) is 19.2 Å². The maximum atomic E-state index is 12.4. The average molecular weight is 325 g/mol. The molecule has 2 heterocycles. The van der Waals surface area contributed by atoms with Gasteiger partial charge in [-0.2, -0.15) is 0 Å². The van der Waals surface area contributed by atoms with Gasteiger partial charge in [-0.1, -0.05) is 20.3 Å². The quantitative estimate of drug-likeness (QED) is 0.861. The van der Waals surface area contributed by atoms with Gasteiger partial charge in [0.15, 0.2) is 0 Å². The number of nitrogens with zero attached hydrogens (tertiary/aromatic N) is 2. The van der Waals surface area contributed by atoms with Crippen molar-refractivity contribution in [1.82, 2.24) is 15.1 Å². The number of amides is 3. The Morgan fingerprint density at radius 2 is 2.00 bits per heavy atom. The van der Waals surface area contributed by atoms with Gasteiger partial charge in [0.2, 0.25) is 0 Å². The zero-order chi connectivity index (χ0) is 17.0. The molecule has 0 radical (unpaired) electrons. The third kappa shape index (κ3) is 5.09. The van der Waals surface area contributed by atoms with Gasteiger partial charge in [0.05, 0.1) is 6.10 Å². The normalized spacial score (nSPS) is 27.4. The first kappa shape index (κ1) is 18.0. The summed E-state index contributed by atoms with van der Waals surface area (Å²) in [7, 11) is 3.48. The molecule has 0 saturated carbocycles. The van der Waals surface area contributed by atoms with Gasteiger partial charge >= 0.3 is 6.03 Å². The Morgan fingerprint density at radius 3 is 2.70 bits per heavy atom. The van der Waals surface area contributed by atoms with Crippen LogP contribution in [0.1, 0.15) is 46.0 Å². The fourth-order valence-electron chi connectivity index (χ4n) is 3.39. The lowest BCUT2D eigenvalue weighted by molar-refractivity contribution is -0.140. The lowest BCUT2D eigenvalue weighted by Gasteiger charge is -2.30. The zero-order valence-corrected chi connectivity index (χ0v) is 14.9. The second-order valence-corrected chi connectivity index (χ2v) is 7.79. The highest BCUT2D eigenvalue weighted by atomic mass is 16.5. The van der Waals surface area contributed by atoms with E-state index in [1.807, 2.05) is 4.90 Å². The minimum atomic E-state index is -0.357. The van der Waals surface area contributed by atoms with Crippen LogP contribution in [0.4, 0.5) is 4.79 Å². The molecule has 6 heteroatoms. The average Bonchev–Trinajstić information content (AvgIpc) is 2.87. The summed E-state index contributed by atoms with van der Waals surface area (Å²) in [6, 6.07) is -0.00837. The highest BCUT2D eigenvalue weighted by Crippen LogP contribution is 2.28. The molecular weight excluding hydrogens is 294 g/mol. The van der Waals surface area contributed by atoms with Crippen LogP contribution in [-0.2, 0) is 9.53 Å². The SMILES string of the molecule is CN(C)C(=O)[C@H]1CC[C@@H](CNC(=O)N2CCCCC(C)(C)C2)O1. The molecule has 0 aliphatic carbocycles. The molecule has 2 saturated heterocycles. The van der Waals surface area contributed by atoms with Gasteiger partial charge in [-0.05, 0) is 31.1 Å². The van der Waals surface area contributed by atoms with Crippen molar-refractivity contribution < 1.29 is 14.3 Å². The Hall–Kier alpha value is -1.30. The van der Waals surface area contributed by atoms with Gasteiger partial charge in [0, 0.05) is 33.7 Å². The van der Waals surface area contributed by atoms with E-state index in [0.717, 1.165) is 38.8 Å². The highest BCUT2D eigenvalue weighted by molar-refractivity contribution is 5.80. The van der Waals surface area contributed by atoms with Crippen molar-refractivity contribution in [3.8, 4) is 0 Å². The number of urea groups is 1. The maximum absolute atomic E-state index is 12.4. The number of carbonyl (C=O) groups is 2. The Morgan fingerprint density at radius 1 is 1.26 bits per heavy atom. The third-order valence-electron chi connectivity index (χ3n) is 4.74. The number of rotatable bonds is 3. The number of likely N-dealkylation sites (N-methyl/N-ethyl adjacent to an activating group) is 1. The number of hydrogen-bond acceptors (Lipinski definition) is 3. The van der Waals surface area contributed by atoms with Crippen LogP contribution < -0.4 is 5.32 Å². The molecule has 2 atom stereocenters. The van der Waals surface area contributed by atoms with Crippen molar-refractivity contribution in [3.05, 3.63) is 0 Å². The second kappa shape index (κ2) is 7.51. The smallest absolute Gasteiger partial charge is 0.317 e. The molecule has 23 heavy (non-hydrogen) atoms. The fraction of sp³-hybridized carbons (Fsp3) is 0.882. The lowest BCUT2D eigenvalue weighted by atomic mass is 9.88. The molecular formula is C17H31N3O3. The number of ether oxygens (including phenoxy) is 1. The van der Waals surface area contributed by atoms with E-state index in [1.165, 1.54) is 6.42 Å². The molecule has 6 nitrogen and oxygen atoms in total. The Bertz CT molecular complexity index is 437. The molecule has 3 amide bonds. The Balaban J connectivity index is 1.77. The lowest BCUT2D eigenvalue weighted by Crippen LogP contribution is -2.46. The summed E-state index contributed by atoms with van der Waals surface area (Å²) < 4.78 is 5.76. The fourth-order valence-corrected chi connectivity index (χ4v) is 3.39. The van der Waals surface area contributed by atoms with Crippen LogP contribution in [0.25, 0.3) is 0 Å². The minimum absolute atomic E-state index is 0.00749. The molecule has 0 bridgehead atoms. The Kier molecular flexibility index (Phi) is 5.89. The first-order valence-corrected chi connectivity index (χ1v) is 8.68. The Labute approximate surface area is 139 Å². The molecule has 0 aromatic rings. The summed E-state index contributed by atoms with van der Waals surface area (Å²) in [6.45, 7) is 6.54. The molecule has 0 spiro atoms. The molecule has 1 N–H and O–H groups in total. The van der Waals surface area contributed by atoms with Crippen LogP contribution in [-0.4, -0.2) is 67.7 Å². The monoisotopic (exact) mass is 325 g/mol. The summed E-state index contributed by atoms with van der Waals surface area (Å²) in [5, 5.41) is 2.99. The van der Waals surface area contributed by atoms with Crippen LogP contribution in [0.2, 0.25) is 0 Å². The molecule has 0 unspecified atom stereocenters. The number of hydrogen-bond donors (Lipinski definition) is 1. The van der Waals surface area contributed by atoms with Crippen molar-refractivity contribution in [2.75, 3.05) is 33.7 Å². The van der Waals surface area contributed by atoms with Crippen molar-refractivity contribution >= 4 is 11.9 Å². The van der Waals surface area contributed by atoms with Gasteiger partial charge in [-0.25, -0.2) is 4.79 Å². The largest absolute Gasteiger partial charge is 0.363 e. The van der Waals surface area contributed by atoms with Crippen LogP contribution in [0.5, 0.6) is 0 Å². The van der Waals surface area contributed by atoms with E-state index >= 15 is 0 Å². The summed E-state index contributed by atoms with van der Waals surface area (Å²) in [5.74, 6) is 0.00749. The topological polar surface area (TPSA) is 61.9 Å². The summed E-state index contributed by atoms with van der Waals surface area (Å²) in [6.07, 6.45) is 4.53. The first-order chi connectivity index (χ1) is 10.8. The third-order valence-corrected chi connectivity index (χ3v) is 4.74. The van der Waals surface area contributed by atoms with Crippen LogP contribution in [0.15, 0.2) is 0 Å². The van der Waals surface area contributed by atoms with E-state index in [4.69, 9.17) is 4.74 Å². The summed E-state index contributed by atoms with van der Waals surface area (Å²) in [4.78, 5) is 27.8. The van der Waals surface area contributed by atoms with Crippen LogP contribution >= 0.6 is 0 Å². The summed E-state index contributed by atoms with van der Waals surface area (Å²) >= 11 is 0. The van der Waals surface area contributed by atoms with Gasteiger partial charge < -0.3 is 19.9 Å². The number of likely N-dealkylation sites (tertiary alicyclic amines) is 1. The van der Waals surface area contributed by atoms with E-state index in [-0.39, 0.29) is 29.6 Å². The van der Waals surface area contributed by atoms with Gasteiger partial charge in [0.25, 0.3) is 5.91 Å². The molecule has 2 fully saturated rings. The molecule has 2 aliphatic rings. The second-order valence-electron chi connectivity index (χ2n) is 7.79. The van der Waals surface area contributed by atoms with Gasteiger partial charge in [0.1, 0.15) is 6.10 Å². The van der Waals surface area contributed by atoms with Crippen molar-refractivity contribution in [1.29, 1.82) is 0 Å². The van der Waals surface area contributed by atoms with Crippen LogP contribution in [0, 0.1) is 5.41 Å². The zero-order valence-electron chi connectivity index (χ0n) is 14.9. The molecule has 0 aromatic carbocycles. The van der Waals surface area contributed by atoms with Gasteiger partial charge in [-0.15, -0.1) is 0 Å². The van der Waals surface area contributed by atoms with Crippen molar-refractivity contribution in [3.63, 3.8) is 0 Å². The minimum Gasteiger partial charge on any atom is -0.363 e. The van der Waals surface area contributed by atoms with Gasteiger partial charge in [-0.3, -0.25) is 4.79 Å². The number of nitrogens with one attached hydrogen (secondary N) is 1. The molecule has 2 rings (SSSR count). The molecule has 0 aromatic heterocycles. The van der Waals surface area contributed by atoms with E-state index in [1.54, 1.807) is 19.0 Å². The highest BCUT2D eigenvalue weighted by Gasteiger charge is 2.32. The predicted molar refractivity (Wildman–Crippen MR) is 89.2 cm³/mol. The first-order valence-electron chi connectivity index (χ1n) is 8.68. The van der Waals surface area contributed by atoms with E-state index in [0.29, 0.717) is 6.54 Å². The van der Waals surface area contributed by atoms with Crippen molar-refractivity contribution in [2.45, 2.75) is 58.2 Å². The van der Waals surface area contributed by atoms with E-state index < -0.39 is 0 Å². The van der Waals surface area contributed by atoms with Crippen molar-refractivity contribution in [2.24, 2.45) is 5.41 Å². The number of carbonyl (C=O) groups excluding carboxylic acids is 2. The summed E-state index contributed by atoms with van der Waals surface area (Å²) in [5.41, 5.74) is 0.181. The standard InChI is InChI=1S/C17H31N3O3/c1-17(2)9-5-6-10-20(12-17)16(22)18-11-13-7-8-14(23-13)15(21)19(3)4/h13-14H,5-12H2,1-4H3,(H,18,22)/t13-,14+/m0/s1. The van der Waals surface area contributed by atoms with E-state index in [9.17, 15) is 9.59 Å². The molecule has 132 valence electrons. The van der Waals surface area contributed by atoms with Crippen LogP contribution in [0.3, 0.4) is 0 Å².